The molecule has 0 saturated heterocycles. The fraction of sp³-hybridized carbons (Fsp3) is 0.439. The number of amidine groups is 2. The fourth-order valence-electron chi connectivity index (χ4n) is 7.54. The molecule has 2 aliphatic rings. The van der Waals surface area contributed by atoms with Crippen molar-refractivity contribution in [2.45, 2.75) is 52.4 Å². The number of ether oxygens (including phenoxy) is 5. The quantitative estimate of drug-likeness (QED) is 0.0278. The van der Waals surface area contributed by atoms with Crippen LogP contribution in [0.15, 0.2) is 154 Å². The summed E-state index contributed by atoms with van der Waals surface area (Å²) in [7, 11) is 31.9. The van der Waals surface area contributed by atoms with Crippen LogP contribution in [0.5, 0.6) is 0 Å². The van der Waals surface area contributed by atoms with Gasteiger partial charge in [0, 0.05) is 228 Å². The van der Waals surface area contributed by atoms with Crippen LogP contribution in [-0.4, -0.2) is 194 Å². The van der Waals surface area contributed by atoms with Gasteiger partial charge in [-0.3, -0.25) is 20.1 Å². The second-order valence-electron chi connectivity index (χ2n) is 17.2. The highest BCUT2D eigenvalue weighted by atomic mass is 16.6. The summed E-state index contributed by atoms with van der Waals surface area (Å²) >= 11 is 0. The average molecular weight is 1290 g/mol. The van der Waals surface area contributed by atoms with Crippen LogP contribution in [0, 0.1) is 35.3 Å². The van der Waals surface area contributed by atoms with E-state index in [9.17, 15) is 10.1 Å². The van der Waals surface area contributed by atoms with E-state index >= 15 is 0 Å². The third kappa shape index (κ3) is 42.3. The Labute approximate surface area is 547 Å². The Morgan fingerprint density at radius 3 is 1.40 bits per heavy atom. The predicted octanol–water partition coefficient (Wildman–Crippen LogP) is 12.9. The maximum absolute atomic E-state index is 10.5. The summed E-state index contributed by atoms with van der Waals surface area (Å²) in [6, 6.07) is 41.8. The summed E-state index contributed by atoms with van der Waals surface area (Å²) in [4.78, 5) is 28.6. The van der Waals surface area contributed by atoms with Crippen molar-refractivity contribution in [3.05, 3.63) is 193 Å². The van der Waals surface area contributed by atoms with Gasteiger partial charge in [-0.1, -0.05) is 115 Å². The number of nitrogens with zero attached hydrogens (tertiary/aromatic N) is 12. The molecule has 7 aromatic rings. The molecule has 3 unspecified atom stereocenters. The van der Waals surface area contributed by atoms with E-state index in [0.29, 0.717) is 17.4 Å². The molecule has 3 atom stereocenters. The number of nitro benzene ring substituents is 1. The summed E-state index contributed by atoms with van der Waals surface area (Å²) in [5.41, 5.74) is 25.6. The maximum atomic E-state index is 10.5. The number of aromatic nitrogens is 2. The molecule has 0 saturated carbocycles. The smallest absolute Gasteiger partial charge is 0.273 e. The highest BCUT2D eigenvalue weighted by Crippen LogP contribution is 2.36. The van der Waals surface area contributed by atoms with Crippen molar-refractivity contribution in [1.29, 1.82) is 5.26 Å². The van der Waals surface area contributed by atoms with Gasteiger partial charge in [-0.2, -0.15) is 5.26 Å². The van der Waals surface area contributed by atoms with Crippen LogP contribution < -0.4 is 10.2 Å². The number of aryl methyl sites for hydroxylation is 3. The number of H-pyrrole nitrogens is 1. The van der Waals surface area contributed by atoms with Gasteiger partial charge in [0.1, 0.15) is 11.7 Å². The zero-order chi connectivity index (χ0) is 73.0. The Kier molecular flexibility index (Phi) is 77.1. The number of methoxy groups -OCH3 is 5. The number of hydrogen-bond acceptors (Lipinski definition) is 17. The van der Waals surface area contributed by atoms with Crippen LogP contribution in [0.3, 0.4) is 0 Å². The van der Waals surface area contributed by atoms with Gasteiger partial charge in [0.15, 0.2) is 0 Å². The number of rotatable bonds is 2. The lowest BCUT2D eigenvalue weighted by Crippen LogP contribution is -2.23. The van der Waals surface area contributed by atoms with Crippen LogP contribution in [0.1, 0.15) is 66.3 Å². The first-order valence-electron chi connectivity index (χ1n) is 27.7. The maximum Gasteiger partial charge on any atom is 0.273 e. The van der Waals surface area contributed by atoms with Crippen molar-refractivity contribution in [1.82, 2.24) is 9.55 Å². The molecule has 2 aromatic heterocycles. The van der Waals surface area contributed by atoms with Gasteiger partial charge in [-0.25, -0.2) is 0 Å². The van der Waals surface area contributed by atoms with Gasteiger partial charge in [-0.15, -0.1) is 0 Å². The van der Waals surface area contributed by atoms with Crippen molar-refractivity contribution in [3.8, 4) is 6.07 Å². The van der Waals surface area contributed by atoms with Crippen LogP contribution in [-0.2, 0) is 30.7 Å². The number of benzene rings is 5. The molecule has 5 aromatic carbocycles. The van der Waals surface area contributed by atoms with E-state index in [1.807, 2.05) is 38.5 Å². The van der Waals surface area contributed by atoms with Crippen LogP contribution >= 0.6 is 0 Å². The Bertz CT molecular complexity index is 2950. The molecule has 0 bridgehead atoms. The number of nitriles is 1. The number of nitro groups is 1. The summed E-state index contributed by atoms with van der Waals surface area (Å²) in [5, 5.41) is 66.0. The lowest BCUT2D eigenvalue weighted by molar-refractivity contribution is -0.385. The molecule has 4 heterocycles. The number of likely N-dealkylation sites (N-methyl/N-ethyl adjacent to an activating group) is 1. The third-order valence-corrected chi connectivity index (χ3v) is 10.9. The molecule has 26 nitrogen and oxygen atoms in total. The molecule has 0 radical (unpaired) electrons. The van der Waals surface area contributed by atoms with Crippen LogP contribution in [0.2, 0.25) is 0 Å². The molecule has 26 heteroatoms. The molecule has 516 valence electrons. The molecule has 9 rings (SSSR count). The van der Waals surface area contributed by atoms with Crippen LogP contribution in [0.4, 0.5) is 17.1 Å². The minimum Gasteiger partial charge on any atom is -0.400 e. The van der Waals surface area contributed by atoms with Gasteiger partial charge in [0.05, 0.1) is 16.9 Å². The second-order valence-corrected chi connectivity index (χ2v) is 17.2. The summed E-state index contributed by atoms with van der Waals surface area (Å²) < 4.78 is 23.4. The first-order valence-corrected chi connectivity index (χ1v) is 27.7. The lowest BCUT2D eigenvalue weighted by atomic mass is 10.0. The Hall–Kier alpha value is -8.77. The molecule has 0 fully saturated rings. The van der Waals surface area contributed by atoms with E-state index in [-0.39, 0.29) is 5.69 Å². The van der Waals surface area contributed by atoms with Crippen molar-refractivity contribution in [2.24, 2.45) is 27.3 Å². The standard InChI is InChI=1S/C11H14N2.C10H12N2.C10H11N.C9H8N2O2.C9H9N.5C2H6O.2CH3N3.5CH4O/c1-8-9-6-4-5-7-10(9)13(3)11(8)12-2;1-7-8-5-3-4-6-9(8)12-10(7)11-2;1-8-7-11(2)10-6-4-3-5-9(8)10;1-7(6-10)8-4-2-3-5-9(8)11(12)13;1-7-6-10-9-5-3-2-4-8(7)9;5*1-3-2;2*1-3-4-2;5*1-2/h4-8H,1-3H3;3-7H,1-2H3,(H,11,12);3-7H,1-2H3;2-5,7H,1H3;2-6,10H,1H3;5*1-2H3;2*1H3;5*2H,1H3. The van der Waals surface area contributed by atoms with Crippen molar-refractivity contribution >= 4 is 50.5 Å². The highest BCUT2D eigenvalue weighted by Gasteiger charge is 2.28. The topological polar surface area (TPSA) is 372 Å². The number of nitrogens with one attached hydrogen (secondary N) is 2. The van der Waals surface area contributed by atoms with E-state index in [1.165, 1.54) is 75.6 Å². The minimum atomic E-state index is -0.469. The lowest BCUT2D eigenvalue weighted by Gasteiger charge is -2.13. The third-order valence-electron chi connectivity index (χ3n) is 10.9. The number of aliphatic hydroxyl groups excluding tert-OH is 5. The van der Waals surface area contributed by atoms with E-state index in [0.717, 1.165) is 47.2 Å². The van der Waals surface area contributed by atoms with Gasteiger partial charge in [-0.05, 0) is 78.4 Å². The summed E-state index contributed by atoms with van der Waals surface area (Å²) in [6.07, 6.45) is 4.19. The largest absolute Gasteiger partial charge is 0.400 e. The molecule has 0 aliphatic carbocycles. The zero-order valence-electron chi connectivity index (χ0n) is 59.4. The average Bonchev–Trinajstić information content (AvgIpc) is 2.24. The van der Waals surface area contributed by atoms with E-state index in [1.54, 1.807) is 96.2 Å². The van der Waals surface area contributed by atoms with Crippen molar-refractivity contribution < 1.29 is 54.1 Å². The van der Waals surface area contributed by atoms with Gasteiger partial charge in [0.2, 0.25) is 0 Å². The predicted molar refractivity (Wildman–Crippen MR) is 382 cm³/mol. The van der Waals surface area contributed by atoms with E-state index < -0.39 is 10.8 Å². The number of azide groups is 2. The van der Waals surface area contributed by atoms with E-state index in [2.05, 4.69) is 206 Å². The fourth-order valence-corrected chi connectivity index (χ4v) is 7.54. The first-order chi connectivity index (χ1) is 44.3. The van der Waals surface area contributed by atoms with Crippen molar-refractivity contribution in [3.63, 3.8) is 0 Å². The Morgan fingerprint density at radius 2 is 1.00 bits per heavy atom. The number of aromatic amines is 1. The number of hydrogen-bond donors (Lipinski definition) is 7. The van der Waals surface area contributed by atoms with Gasteiger partial charge >= 0.3 is 0 Å². The SMILES string of the molecule is CC(C#N)c1ccccc1[N+](=O)[O-].CN=C1C(C)c2ccccc2N1C.CN=C1Nc2ccccc2C1C.CN=[N+]=[N-].CN=[N+]=[N-].CO.CO.CO.CO.CO.COC.COC.COC.COC.COC.Cc1c[nH]c2ccccc12.Cc1cn(C)c2ccccc12. The number of para-hydroxylation sites is 5. The number of fused-ring (bicyclic) bond motifs is 4. The summed E-state index contributed by atoms with van der Waals surface area (Å²) in [5.74, 6) is 2.64. The Balaban J connectivity index is -0.000000143. The molecule has 7 N–H and O–H groups in total. The zero-order valence-corrected chi connectivity index (χ0v) is 59.4. The Morgan fingerprint density at radius 1 is 0.598 bits per heavy atom. The number of aliphatic imine (C=N–C) groups is 2. The number of aliphatic hydroxyl groups is 5. The monoisotopic (exact) mass is 1290 g/mol. The van der Waals surface area contributed by atoms with E-state index in [4.69, 9.17) is 41.9 Å². The minimum absolute atomic E-state index is 0.0107. The highest BCUT2D eigenvalue weighted by molar-refractivity contribution is 6.08. The molecule has 2 aliphatic heterocycles. The van der Waals surface area contributed by atoms with Crippen molar-refractivity contribution in [2.75, 3.05) is 152 Å². The molecule has 0 spiro atoms. The van der Waals surface area contributed by atoms with Gasteiger partial charge < -0.3 is 69.0 Å². The first kappa shape index (κ1) is 99.4. The second kappa shape index (κ2) is 71.3. The number of anilines is 2. The summed E-state index contributed by atoms with van der Waals surface area (Å²) in [6.45, 7) is 10.3. The molecule has 0 amide bonds. The van der Waals surface area contributed by atoms with Gasteiger partial charge in [0.25, 0.3) is 5.69 Å². The molecular formula is C66H110N14O12. The molecular weight excluding hydrogens is 1180 g/mol. The van der Waals surface area contributed by atoms with Crippen LogP contribution in [0.25, 0.3) is 42.7 Å². The normalized spacial score (nSPS) is 12.2. The molecule has 92 heavy (non-hydrogen) atoms.